The van der Waals surface area contributed by atoms with Gasteiger partial charge in [0.25, 0.3) is 0 Å². The number of amides is 1. The molecule has 2 heterocycles. The van der Waals surface area contributed by atoms with Crippen LogP contribution in [0.2, 0.25) is 0 Å². The van der Waals surface area contributed by atoms with Gasteiger partial charge < -0.3 is 10.6 Å². The van der Waals surface area contributed by atoms with Crippen molar-refractivity contribution in [2.24, 2.45) is 5.73 Å². The van der Waals surface area contributed by atoms with Crippen LogP contribution in [-0.4, -0.2) is 44.9 Å². The third-order valence-electron chi connectivity index (χ3n) is 4.19. The molecule has 2 N–H and O–H groups in total. The van der Waals surface area contributed by atoms with Crippen LogP contribution in [0.25, 0.3) is 0 Å². The highest BCUT2D eigenvalue weighted by molar-refractivity contribution is 5.76. The lowest BCUT2D eigenvalue weighted by Crippen LogP contribution is -2.44. The molecule has 1 aromatic heterocycles. The van der Waals surface area contributed by atoms with E-state index in [0.29, 0.717) is 19.1 Å². The Balaban J connectivity index is 1.87. The Morgan fingerprint density at radius 3 is 3.05 bits per heavy atom. The summed E-state index contributed by atoms with van der Waals surface area (Å²) >= 11 is 0. The molecule has 1 amide bonds. The normalized spacial score (nSPS) is 19.0. The van der Waals surface area contributed by atoms with Crippen molar-refractivity contribution in [3.05, 3.63) is 11.9 Å². The minimum atomic E-state index is 0.167. The molecule has 6 nitrogen and oxygen atoms in total. The van der Waals surface area contributed by atoms with Crippen molar-refractivity contribution in [1.29, 1.82) is 0 Å². The van der Waals surface area contributed by atoms with Crippen molar-refractivity contribution >= 4 is 5.91 Å². The lowest BCUT2D eigenvalue weighted by atomic mass is 10.00. The fourth-order valence-corrected chi connectivity index (χ4v) is 2.96. The van der Waals surface area contributed by atoms with Gasteiger partial charge in [0.2, 0.25) is 5.91 Å². The molecule has 1 aliphatic heterocycles. The number of carbonyl (C=O) groups is 1. The van der Waals surface area contributed by atoms with Crippen molar-refractivity contribution in [3.8, 4) is 0 Å². The first-order valence-electron chi connectivity index (χ1n) is 8.13. The molecule has 1 aliphatic rings. The molecular weight excluding hydrogens is 266 g/mol. The van der Waals surface area contributed by atoms with Crippen molar-refractivity contribution in [3.63, 3.8) is 0 Å². The Kier molecular flexibility index (Phi) is 6.17. The van der Waals surface area contributed by atoms with E-state index in [1.165, 1.54) is 6.42 Å². The minimum Gasteiger partial charge on any atom is -0.338 e. The summed E-state index contributed by atoms with van der Waals surface area (Å²) in [5.74, 6) is 0.167. The van der Waals surface area contributed by atoms with Gasteiger partial charge in [-0.05, 0) is 51.5 Å². The largest absolute Gasteiger partial charge is 0.338 e. The summed E-state index contributed by atoms with van der Waals surface area (Å²) < 4.78 is 1.67. The minimum absolute atomic E-state index is 0.167. The molecule has 0 aromatic carbocycles. The number of aryl methyl sites for hydroxylation is 1. The van der Waals surface area contributed by atoms with Crippen LogP contribution in [0.15, 0.2) is 6.20 Å². The Bertz CT molecular complexity index is 445. The summed E-state index contributed by atoms with van der Waals surface area (Å²) in [5, 5.41) is 8.20. The predicted molar refractivity (Wildman–Crippen MR) is 81.7 cm³/mol. The van der Waals surface area contributed by atoms with Gasteiger partial charge in [0.1, 0.15) is 6.54 Å². The molecule has 21 heavy (non-hydrogen) atoms. The number of hydrogen-bond acceptors (Lipinski definition) is 4. The van der Waals surface area contributed by atoms with Gasteiger partial charge in [0.15, 0.2) is 0 Å². The van der Waals surface area contributed by atoms with Gasteiger partial charge >= 0.3 is 0 Å². The highest BCUT2D eigenvalue weighted by Crippen LogP contribution is 2.19. The Morgan fingerprint density at radius 1 is 1.43 bits per heavy atom. The quantitative estimate of drug-likeness (QED) is 0.770. The number of rotatable bonds is 7. The maximum Gasteiger partial charge on any atom is 0.244 e. The fourth-order valence-electron chi connectivity index (χ4n) is 2.96. The second-order valence-electron chi connectivity index (χ2n) is 5.80. The Morgan fingerprint density at radius 2 is 2.29 bits per heavy atom. The van der Waals surface area contributed by atoms with Crippen molar-refractivity contribution < 1.29 is 4.79 Å². The zero-order chi connectivity index (χ0) is 15.1. The van der Waals surface area contributed by atoms with Gasteiger partial charge in [0.05, 0.1) is 5.69 Å². The zero-order valence-corrected chi connectivity index (χ0v) is 13.0. The third-order valence-corrected chi connectivity index (χ3v) is 4.19. The molecule has 0 saturated carbocycles. The Labute approximate surface area is 126 Å². The Hall–Kier alpha value is -1.43. The summed E-state index contributed by atoms with van der Waals surface area (Å²) in [6.45, 7) is 4.05. The maximum atomic E-state index is 12.4. The zero-order valence-electron chi connectivity index (χ0n) is 13.0. The second kappa shape index (κ2) is 8.12. The third kappa shape index (κ3) is 4.52. The first-order valence-corrected chi connectivity index (χ1v) is 8.13. The molecular formula is C15H27N5O. The first kappa shape index (κ1) is 15.9. The molecule has 1 fully saturated rings. The van der Waals surface area contributed by atoms with E-state index in [-0.39, 0.29) is 5.91 Å². The maximum absolute atomic E-state index is 12.4. The van der Waals surface area contributed by atoms with E-state index in [2.05, 4.69) is 17.2 Å². The van der Waals surface area contributed by atoms with E-state index >= 15 is 0 Å². The van der Waals surface area contributed by atoms with E-state index in [1.807, 2.05) is 11.1 Å². The van der Waals surface area contributed by atoms with Crippen LogP contribution in [0, 0.1) is 0 Å². The number of hydrogen-bond donors (Lipinski definition) is 1. The highest BCUT2D eigenvalue weighted by atomic mass is 16.2. The van der Waals surface area contributed by atoms with Crippen LogP contribution in [0.5, 0.6) is 0 Å². The number of likely N-dealkylation sites (tertiary alicyclic amines) is 1. The molecule has 2 rings (SSSR count). The summed E-state index contributed by atoms with van der Waals surface area (Å²) in [7, 11) is 0. The standard InChI is InChI=1S/C15H27N5O/c1-2-14-8-4-6-10-20(14)15(21)12-19-11-13(17-18-19)7-3-5-9-16/h11,14H,2-10,12,16H2,1H3. The summed E-state index contributed by atoms with van der Waals surface area (Å²) in [6.07, 6.45) is 9.30. The fraction of sp³-hybridized carbons (Fsp3) is 0.800. The molecule has 118 valence electrons. The van der Waals surface area contributed by atoms with Crippen LogP contribution in [0.1, 0.15) is 51.1 Å². The van der Waals surface area contributed by atoms with Crippen LogP contribution < -0.4 is 5.73 Å². The van der Waals surface area contributed by atoms with Crippen LogP contribution >= 0.6 is 0 Å². The number of unbranched alkanes of at least 4 members (excludes halogenated alkanes) is 1. The van der Waals surface area contributed by atoms with Gasteiger partial charge in [-0.1, -0.05) is 12.1 Å². The van der Waals surface area contributed by atoms with Gasteiger partial charge in [-0.25, -0.2) is 4.68 Å². The van der Waals surface area contributed by atoms with E-state index in [0.717, 1.165) is 50.8 Å². The molecule has 0 spiro atoms. The molecule has 1 atom stereocenters. The molecule has 0 bridgehead atoms. The van der Waals surface area contributed by atoms with Crippen molar-refractivity contribution in [2.45, 2.75) is 64.5 Å². The summed E-state index contributed by atoms with van der Waals surface area (Å²) in [6, 6.07) is 0.402. The smallest absolute Gasteiger partial charge is 0.244 e. The number of nitrogens with zero attached hydrogens (tertiary/aromatic N) is 4. The van der Waals surface area contributed by atoms with Crippen molar-refractivity contribution in [1.82, 2.24) is 19.9 Å². The average Bonchev–Trinajstić information content (AvgIpc) is 2.95. The van der Waals surface area contributed by atoms with E-state index < -0.39 is 0 Å². The SMILES string of the molecule is CCC1CCCCN1C(=O)Cn1cc(CCCCN)nn1. The van der Waals surface area contributed by atoms with Gasteiger partial charge in [-0.15, -0.1) is 5.10 Å². The van der Waals surface area contributed by atoms with Crippen LogP contribution in [-0.2, 0) is 17.8 Å². The van der Waals surface area contributed by atoms with E-state index in [9.17, 15) is 4.79 Å². The van der Waals surface area contributed by atoms with E-state index in [4.69, 9.17) is 5.73 Å². The number of piperidine rings is 1. The number of aromatic nitrogens is 3. The van der Waals surface area contributed by atoms with Crippen LogP contribution in [0.3, 0.4) is 0 Å². The molecule has 6 heteroatoms. The molecule has 1 saturated heterocycles. The lowest BCUT2D eigenvalue weighted by Gasteiger charge is -2.35. The summed E-state index contributed by atoms with van der Waals surface area (Å²) in [5.41, 5.74) is 6.43. The van der Waals surface area contributed by atoms with Gasteiger partial charge in [-0.3, -0.25) is 4.79 Å². The van der Waals surface area contributed by atoms with Crippen molar-refractivity contribution in [2.75, 3.05) is 13.1 Å². The van der Waals surface area contributed by atoms with E-state index in [1.54, 1.807) is 4.68 Å². The summed E-state index contributed by atoms with van der Waals surface area (Å²) in [4.78, 5) is 14.5. The highest BCUT2D eigenvalue weighted by Gasteiger charge is 2.25. The van der Waals surface area contributed by atoms with Crippen LogP contribution in [0.4, 0.5) is 0 Å². The molecule has 1 aromatic rings. The van der Waals surface area contributed by atoms with Gasteiger partial charge in [-0.2, -0.15) is 0 Å². The second-order valence-corrected chi connectivity index (χ2v) is 5.80. The first-order chi connectivity index (χ1) is 10.2. The topological polar surface area (TPSA) is 77.0 Å². The molecule has 0 radical (unpaired) electrons. The number of nitrogens with two attached hydrogens (primary N) is 1. The predicted octanol–water partition coefficient (Wildman–Crippen LogP) is 1.35. The average molecular weight is 293 g/mol. The van der Waals surface area contributed by atoms with Gasteiger partial charge in [0, 0.05) is 18.8 Å². The lowest BCUT2D eigenvalue weighted by molar-refractivity contribution is -0.135. The molecule has 1 unspecified atom stereocenters. The monoisotopic (exact) mass is 293 g/mol. The number of carbonyl (C=O) groups excluding carboxylic acids is 1. The molecule has 0 aliphatic carbocycles.